The van der Waals surface area contributed by atoms with Gasteiger partial charge in [0, 0.05) is 21.8 Å². The summed E-state index contributed by atoms with van der Waals surface area (Å²) in [7, 11) is 48.3. The van der Waals surface area contributed by atoms with Crippen molar-refractivity contribution in [2.45, 2.75) is 0 Å². The zero-order valence-electron chi connectivity index (χ0n) is 18.5. The maximum Gasteiger partial charge on any atom is 0.119 e. The standard InChI is InChI=1S/C24H9B8NO2/c25-15-13(17(27)23(34)21(31)19(15)29)7-1-3-11-9(5-7)10-6-8(2-4-12(10)33-11)14-16(26)20(30)22(32)24(35)18(14)28/h1-6,33-35H. The molecular weight excluding hydrogens is 421 g/mol. The minimum Gasteiger partial charge on any atom is -0.509 e. The highest BCUT2D eigenvalue weighted by Gasteiger charge is 2.17. The van der Waals surface area contributed by atoms with Crippen molar-refractivity contribution in [2.24, 2.45) is 0 Å². The van der Waals surface area contributed by atoms with Crippen molar-refractivity contribution in [2.75, 3.05) is 0 Å². The highest BCUT2D eigenvalue weighted by atomic mass is 16.3. The third-order valence-corrected chi connectivity index (χ3v) is 6.43. The number of phenolic OH excluding ortho intramolecular Hbond substituents is 2. The minimum atomic E-state index is -0.320. The van der Waals surface area contributed by atoms with Crippen LogP contribution in [0.1, 0.15) is 0 Å². The van der Waals surface area contributed by atoms with Crippen molar-refractivity contribution in [1.82, 2.24) is 4.98 Å². The molecule has 0 aliphatic carbocycles. The summed E-state index contributed by atoms with van der Waals surface area (Å²) in [6.07, 6.45) is 0. The van der Waals surface area contributed by atoms with Crippen molar-refractivity contribution in [1.29, 1.82) is 0 Å². The fourth-order valence-corrected chi connectivity index (χ4v) is 4.46. The second-order valence-corrected chi connectivity index (χ2v) is 8.40. The zero-order chi connectivity index (χ0) is 25.3. The van der Waals surface area contributed by atoms with Gasteiger partial charge in [0.25, 0.3) is 0 Å². The molecule has 0 saturated carbocycles. The maximum absolute atomic E-state index is 10.3. The number of H-pyrrole nitrogens is 1. The first-order valence-electron chi connectivity index (χ1n) is 10.5. The molecule has 146 valence electrons. The van der Waals surface area contributed by atoms with E-state index in [-0.39, 0.29) is 55.2 Å². The molecule has 0 aliphatic rings. The monoisotopic (exact) mass is 431 g/mol. The van der Waals surface area contributed by atoms with Crippen LogP contribution in [0.4, 0.5) is 0 Å². The van der Waals surface area contributed by atoms with Gasteiger partial charge in [0.1, 0.15) is 74.3 Å². The van der Waals surface area contributed by atoms with E-state index in [1.165, 1.54) is 0 Å². The second kappa shape index (κ2) is 8.19. The second-order valence-electron chi connectivity index (χ2n) is 8.40. The van der Waals surface area contributed by atoms with Crippen molar-refractivity contribution in [3.63, 3.8) is 0 Å². The Hall–Kier alpha value is -3.20. The van der Waals surface area contributed by atoms with Crippen LogP contribution in [0.25, 0.3) is 44.1 Å². The summed E-state index contributed by atoms with van der Waals surface area (Å²) in [6.45, 7) is 0. The van der Waals surface area contributed by atoms with Gasteiger partial charge in [0.05, 0.1) is 0 Å². The number of aromatic amines is 1. The smallest absolute Gasteiger partial charge is 0.119 e. The van der Waals surface area contributed by atoms with Crippen LogP contribution < -0.4 is 43.7 Å². The SMILES string of the molecule is [B]c1c([B])c(O)c([B])c(-c2ccc3[nH]c4ccc(-c5c([B])c([B])c([B])c(O)c5[B])cc4c3c2)c1[B]. The summed E-state index contributed by atoms with van der Waals surface area (Å²) < 4.78 is 0. The van der Waals surface area contributed by atoms with Crippen LogP contribution in [0.15, 0.2) is 36.4 Å². The van der Waals surface area contributed by atoms with Gasteiger partial charge in [-0.15, -0.1) is 10.9 Å². The topological polar surface area (TPSA) is 56.2 Å². The number of phenols is 2. The average Bonchev–Trinajstić information content (AvgIpc) is 3.21. The van der Waals surface area contributed by atoms with E-state index in [4.69, 9.17) is 62.8 Å². The van der Waals surface area contributed by atoms with Gasteiger partial charge in [0.15, 0.2) is 0 Å². The molecule has 0 saturated heterocycles. The van der Waals surface area contributed by atoms with Gasteiger partial charge < -0.3 is 15.2 Å². The van der Waals surface area contributed by atoms with E-state index in [2.05, 4.69) is 4.98 Å². The Morgan fingerprint density at radius 1 is 0.457 bits per heavy atom. The van der Waals surface area contributed by atoms with Crippen LogP contribution in [-0.4, -0.2) is 78.0 Å². The van der Waals surface area contributed by atoms with Crippen LogP contribution in [0.3, 0.4) is 0 Å². The first kappa shape index (κ1) is 23.5. The molecule has 4 aromatic carbocycles. The number of hydrogen-bond acceptors (Lipinski definition) is 2. The number of hydrogen-bond donors (Lipinski definition) is 3. The molecule has 0 amide bonds. The molecule has 0 spiro atoms. The molecule has 0 aliphatic heterocycles. The Bertz CT molecular complexity index is 1530. The molecule has 0 fully saturated rings. The molecule has 0 bridgehead atoms. The molecule has 11 heteroatoms. The highest BCUT2D eigenvalue weighted by molar-refractivity contribution is 6.63. The molecule has 35 heavy (non-hydrogen) atoms. The normalized spacial score (nSPS) is 11.4. The lowest BCUT2D eigenvalue weighted by Gasteiger charge is -2.20. The Morgan fingerprint density at radius 2 is 0.829 bits per heavy atom. The number of fused-ring (bicyclic) bond motifs is 3. The van der Waals surface area contributed by atoms with E-state index in [9.17, 15) is 10.2 Å². The van der Waals surface area contributed by atoms with Crippen LogP contribution in [0.5, 0.6) is 11.5 Å². The number of rotatable bonds is 2. The van der Waals surface area contributed by atoms with E-state index in [0.717, 1.165) is 21.8 Å². The van der Waals surface area contributed by atoms with Crippen molar-refractivity contribution in [3.05, 3.63) is 36.4 Å². The van der Waals surface area contributed by atoms with Gasteiger partial charge in [0.2, 0.25) is 0 Å². The quantitative estimate of drug-likeness (QED) is 0.254. The number of benzene rings is 4. The minimum absolute atomic E-state index is 0.0300. The van der Waals surface area contributed by atoms with Crippen LogP contribution in [0, 0.1) is 0 Å². The fraction of sp³-hybridized carbons (Fsp3) is 0. The Labute approximate surface area is 213 Å². The lowest BCUT2D eigenvalue weighted by Crippen LogP contribution is -2.44. The first-order chi connectivity index (χ1) is 16.5. The van der Waals surface area contributed by atoms with E-state index in [1.54, 1.807) is 0 Å². The van der Waals surface area contributed by atoms with Crippen molar-refractivity contribution in [3.8, 4) is 33.8 Å². The third kappa shape index (κ3) is 3.39. The Kier molecular flexibility index (Phi) is 5.51. The summed E-state index contributed by atoms with van der Waals surface area (Å²) in [5, 5.41) is 22.3. The van der Waals surface area contributed by atoms with Gasteiger partial charge in [-0.05, 0) is 57.4 Å². The van der Waals surface area contributed by atoms with Crippen LogP contribution in [-0.2, 0) is 0 Å². The molecule has 3 nitrogen and oxygen atoms in total. The maximum atomic E-state index is 10.3. The molecule has 0 unspecified atom stereocenters. The molecule has 1 aromatic heterocycles. The van der Waals surface area contributed by atoms with Gasteiger partial charge in [-0.3, -0.25) is 0 Å². The van der Waals surface area contributed by atoms with Crippen molar-refractivity contribution >= 4 is 128 Å². The van der Waals surface area contributed by atoms with Gasteiger partial charge in [-0.1, -0.05) is 34.0 Å². The van der Waals surface area contributed by atoms with Crippen LogP contribution >= 0.6 is 0 Å². The molecular formula is C24H9B8NO2. The van der Waals surface area contributed by atoms with Gasteiger partial charge in [-0.25, -0.2) is 0 Å². The summed E-state index contributed by atoms with van der Waals surface area (Å²) >= 11 is 0. The van der Waals surface area contributed by atoms with Gasteiger partial charge in [-0.2, -0.15) is 0 Å². The summed E-state index contributed by atoms with van der Waals surface area (Å²) in [4.78, 5) is 3.34. The van der Waals surface area contributed by atoms with E-state index in [0.29, 0.717) is 22.3 Å². The van der Waals surface area contributed by atoms with Gasteiger partial charge >= 0.3 is 0 Å². The largest absolute Gasteiger partial charge is 0.509 e. The molecule has 16 radical (unpaired) electrons. The molecule has 3 N–H and O–H groups in total. The predicted octanol–water partition coefficient (Wildman–Crippen LogP) is -3.58. The molecule has 1 heterocycles. The predicted molar refractivity (Wildman–Crippen MR) is 153 cm³/mol. The first-order valence-corrected chi connectivity index (χ1v) is 10.5. The van der Waals surface area contributed by atoms with E-state index >= 15 is 0 Å². The number of aromatic nitrogens is 1. The number of nitrogens with one attached hydrogen (secondary N) is 1. The number of aromatic hydroxyl groups is 2. The average molecular weight is 430 g/mol. The Balaban J connectivity index is 1.78. The van der Waals surface area contributed by atoms with Crippen LogP contribution in [0.2, 0.25) is 0 Å². The lowest BCUT2D eigenvalue weighted by molar-refractivity contribution is 0.484. The summed E-state index contributed by atoms with van der Waals surface area (Å²) in [6, 6.07) is 11.1. The molecule has 5 rings (SSSR count). The highest BCUT2D eigenvalue weighted by Crippen LogP contribution is 2.32. The lowest BCUT2D eigenvalue weighted by atomic mass is 9.65. The van der Waals surface area contributed by atoms with Crippen molar-refractivity contribution < 1.29 is 10.2 Å². The van der Waals surface area contributed by atoms with E-state index in [1.807, 2.05) is 36.4 Å². The molecule has 5 aromatic rings. The zero-order valence-corrected chi connectivity index (χ0v) is 18.5. The summed E-state index contributed by atoms with van der Waals surface area (Å²) in [5.74, 6) is -0.639. The Morgan fingerprint density at radius 3 is 1.20 bits per heavy atom. The fourth-order valence-electron chi connectivity index (χ4n) is 4.46. The third-order valence-electron chi connectivity index (χ3n) is 6.43. The van der Waals surface area contributed by atoms with E-state index < -0.39 is 0 Å². The summed E-state index contributed by atoms with van der Waals surface area (Å²) in [5.41, 5.74) is 4.09. The molecule has 0 atom stereocenters.